The molecule has 1 heterocycles. The van der Waals surface area contributed by atoms with Gasteiger partial charge >= 0.3 is 5.97 Å². The molecule has 0 saturated carbocycles. The first-order valence-electron chi connectivity index (χ1n) is 7.68. The van der Waals surface area contributed by atoms with Crippen LogP contribution in [-0.2, 0) is 9.57 Å². The van der Waals surface area contributed by atoms with Crippen LogP contribution in [0.25, 0.3) is 0 Å². The summed E-state index contributed by atoms with van der Waals surface area (Å²) in [5, 5.41) is 4.15. The van der Waals surface area contributed by atoms with Crippen molar-refractivity contribution in [3.05, 3.63) is 64.7 Å². The molecule has 0 saturated heterocycles. The lowest BCUT2D eigenvalue weighted by Crippen LogP contribution is -2.21. The van der Waals surface area contributed by atoms with Crippen molar-refractivity contribution in [3.63, 3.8) is 0 Å². The lowest BCUT2D eigenvalue weighted by Gasteiger charge is -2.27. The fraction of sp³-hybridized carbons (Fsp3) is 0.263. The second-order valence-corrected chi connectivity index (χ2v) is 5.65. The Morgan fingerprint density at radius 3 is 2.79 bits per heavy atom. The van der Waals surface area contributed by atoms with E-state index in [1.54, 1.807) is 12.1 Å². The van der Waals surface area contributed by atoms with Crippen LogP contribution in [0.5, 0.6) is 5.75 Å². The highest BCUT2D eigenvalue weighted by molar-refractivity contribution is 6.04. The van der Waals surface area contributed by atoms with Gasteiger partial charge < -0.3 is 14.3 Å². The van der Waals surface area contributed by atoms with Gasteiger partial charge in [-0.1, -0.05) is 23.4 Å². The first-order valence-corrected chi connectivity index (χ1v) is 7.68. The Labute approximate surface area is 140 Å². The molecule has 1 aliphatic heterocycles. The number of aryl methyl sites for hydroxylation is 1. The van der Waals surface area contributed by atoms with Gasteiger partial charge in [-0.25, -0.2) is 4.79 Å². The maximum Gasteiger partial charge on any atom is 0.337 e. The zero-order chi connectivity index (χ0) is 17.1. The molecule has 5 nitrogen and oxygen atoms in total. The summed E-state index contributed by atoms with van der Waals surface area (Å²) < 4.78 is 10.9. The molecule has 0 N–H and O–H groups in total. The van der Waals surface area contributed by atoms with Crippen molar-refractivity contribution >= 4 is 11.7 Å². The number of oxime groups is 1. The van der Waals surface area contributed by atoms with Crippen molar-refractivity contribution in [1.29, 1.82) is 0 Å². The van der Waals surface area contributed by atoms with Crippen molar-refractivity contribution < 1.29 is 19.1 Å². The first kappa shape index (κ1) is 16.1. The minimum atomic E-state index is -0.366. The lowest BCUT2D eigenvalue weighted by atomic mass is 9.94. The standard InChI is InChI=1S/C19H19NO4/c1-12-7-8-15-16(20-23-3)11-17(24-18(15)9-12)13-5-4-6-14(10-13)19(21)22-2/h4-10,17H,11H2,1-3H3/b20-16+. The Kier molecular flexibility index (Phi) is 4.51. The third kappa shape index (κ3) is 3.11. The number of nitrogens with zero attached hydrogens (tertiary/aromatic N) is 1. The molecule has 1 aliphatic rings. The van der Waals surface area contributed by atoms with Crippen molar-refractivity contribution in [2.24, 2.45) is 5.16 Å². The topological polar surface area (TPSA) is 57.1 Å². The minimum Gasteiger partial charge on any atom is -0.485 e. The third-order valence-electron chi connectivity index (χ3n) is 3.98. The molecular weight excluding hydrogens is 306 g/mol. The molecule has 0 fully saturated rings. The van der Waals surface area contributed by atoms with Crippen LogP contribution in [0.1, 0.15) is 39.6 Å². The summed E-state index contributed by atoms with van der Waals surface area (Å²) in [6.07, 6.45) is 0.326. The van der Waals surface area contributed by atoms with E-state index in [4.69, 9.17) is 14.3 Å². The predicted octanol–water partition coefficient (Wildman–Crippen LogP) is 3.66. The van der Waals surface area contributed by atoms with Crippen LogP contribution in [0, 0.1) is 6.92 Å². The fourth-order valence-electron chi connectivity index (χ4n) is 2.81. The molecule has 5 heteroatoms. The van der Waals surface area contributed by atoms with Crippen LogP contribution >= 0.6 is 0 Å². The summed E-state index contributed by atoms with van der Waals surface area (Å²) in [5.74, 6) is 0.403. The predicted molar refractivity (Wildman–Crippen MR) is 90.5 cm³/mol. The molecule has 0 amide bonds. The molecule has 0 aliphatic carbocycles. The average molecular weight is 325 g/mol. The van der Waals surface area contributed by atoms with Gasteiger partial charge in [-0.15, -0.1) is 0 Å². The van der Waals surface area contributed by atoms with E-state index < -0.39 is 0 Å². The van der Waals surface area contributed by atoms with Crippen molar-refractivity contribution in [2.75, 3.05) is 14.2 Å². The van der Waals surface area contributed by atoms with Crippen LogP contribution in [0.15, 0.2) is 47.6 Å². The van der Waals surface area contributed by atoms with Crippen LogP contribution in [0.2, 0.25) is 0 Å². The maximum atomic E-state index is 11.8. The van der Waals surface area contributed by atoms with Gasteiger partial charge in [0.25, 0.3) is 0 Å². The van der Waals surface area contributed by atoms with Crippen molar-refractivity contribution in [1.82, 2.24) is 0 Å². The number of benzene rings is 2. The highest BCUT2D eigenvalue weighted by Crippen LogP contribution is 2.36. The monoisotopic (exact) mass is 325 g/mol. The number of carbonyl (C=O) groups excluding carboxylic acids is 1. The molecule has 0 spiro atoms. The first-order chi connectivity index (χ1) is 11.6. The number of fused-ring (bicyclic) bond motifs is 1. The molecule has 0 bridgehead atoms. The molecular formula is C19H19NO4. The Hall–Kier alpha value is -2.82. The van der Waals surface area contributed by atoms with Gasteiger partial charge in [0, 0.05) is 12.0 Å². The summed E-state index contributed by atoms with van der Waals surface area (Å²) >= 11 is 0. The molecule has 2 aromatic carbocycles. The van der Waals surface area contributed by atoms with Gasteiger partial charge in [-0.05, 0) is 42.3 Å². The van der Waals surface area contributed by atoms with E-state index in [1.165, 1.54) is 14.2 Å². The molecule has 0 aromatic heterocycles. The average Bonchev–Trinajstić information content (AvgIpc) is 2.61. The number of esters is 1. The normalized spacial score (nSPS) is 17.8. The maximum absolute atomic E-state index is 11.8. The van der Waals surface area contributed by atoms with Crippen molar-refractivity contribution in [3.8, 4) is 5.75 Å². The Morgan fingerprint density at radius 2 is 2.04 bits per heavy atom. The Morgan fingerprint density at radius 1 is 1.21 bits per heavy atom. The van der Waals surface area contributed by atoms with Gasteiger partial charge in [-0.3, -0.25) is 0 Å². The zero-order valence-electron chi connectivity index (χ0n) is 13.9. The van der Waals surface area contributed by atoms with Gasteiger partial charge in [0.2, 0.25) is 0 Å². The quantitative estimate of drug-likeness (QED) is 0.638. The highest BCUT2D eigenvalue weighted by Gasteiger charge is 2.27. The van der Waals surface area contributed by atoms with Crippen LogP contribution in [-0.4, -0.2) is 25.9 Å². The number of hydrogen-bond donors (Lipinski definition) is 0. The number of rotatable bonds is 3. The van der Waals surface area contributed by atoms with Gasteiger partial charge in [0.05, 0.1) is 18.4 Å². The van der Waals surface area contributed by atoms with Gasteiger partial charge in [0.15, 0.2) is 0 Å². The highest BCUT2D eigenvalue weighted by atomic mass is 16.6. The van der Waals surface area contributed by atoms with Crippen LogP contribution in [0.3, 0.4) is 0 Å². The van der Waals surface area contributed by atoms with Crippen LogP contribution < -0.4 is 4.74 Å². The minimum absolute atomic E-state index is 0.238. The summed E-state index contributed by atoms with van der Waals surface area (Å²) in [4.78, 5) is 16.7. The zero-order valence-corrected chi connectivity index (χ0v) is 13.9. The SMILES string of the molecule is CO/N=C1\CC(c2cccc(C(=O)OC)c2)Oc2cc(C)ccc21. The molecule has 2 aromatic rings. The Bertz CT molecular complexity index is 798. The molecule has 1 unspecified atom stereocenters. The van der Waals surface area contributed by atoms with Gasteiger partial charge in [-0.2, -0.15) is 0 Å². The number of methoxy groups -OCH3 is 1. The van der Waals surface area contributed by atoms with E-state index in [0.717, 1.165) is 28.2 Å². The summed E-state index contributed by atoms with van der Waals surface area (Å²) in [6, 6.07) is 13.3. The molecule has 0 radical (unpaired) electrons. The number of ether oxygens (including phenoxy) is 2. The number of hydrogen-bond acceptors (Lipinski definition) is 5. The summed E-state index contributed by atoms with van der Waals surface area (Å²) in [7, 11) is 2.90. The third-order valence-corrected chi connectivity index (χ3v) is 3.98. The second kappa shape index (κ2) is 6.74. The van der Waals surface area contributed by atoms with Crippen molar-refractivity contribution in [2.45, 2.75) is 19.4 Å². The molecule has 3 rings (SSSR count). The van der Waals surface area contributed by atoms with E-state index >= 15 is 0 Å². The van der Waals surface area contributed by atoms with E-state index in [2.05, 4.69) is 5.16 Å². The summed E-state index contributed by atoms with van der Waals surface area (Å²) in [5.41, 5.74) is 4.26. The van der Waals surface area contributed by atoms with E-state index in [9.17, 15) is 4.79 Å². The second-order valence-electron chi connectivity index (χ2n) is 5.65. The largest absolute Gasteiger partial charge is 0.485 e. The fourth-order valence-corrected chi connectivity index (χ4v) is 2.81. The van der Waals surface area contributed by atoms with E-state index in [-0.39, 0.29) is 12.1 Å². The molecule has 24 heavy (non-hydrogen) atoms. The van der Waals surface area contributed by atoms with Crippen LogP contribution in [0.4, 0.5) is 0 Å². The van der Waals surface area contributed by atoms with E-state index in [0.29, 0.717) is 12.0 Å². The molecule has 1 atom stereocenters. The number of carbonyl (C=O) groups is 1. The molecule has 124 valence electrons. The van der Waals surface area contributed by atoms with Gasteiger partial charge in [0.1, 0.15) is 19.0 Å². The summed E-state index contributed by atoms with van der Waals surface area (Å²) in [6.45, 7) is 2.01. The Balaban J connectivity index is 1.99. The smallest absolute Gasteiger partial charge is 0.337 e. The van der Waals surface area contributed by atoms with E-state index in [1.807, 2.05) is 37.3 Å². The lowest BCUT2D eigenvalue weighted by molar-refractivity contribution is 0.0600.